The van der Waals surface area contributed by atoms with Crippen molar-refractivity contribution in [1.29, 1.82) is 0 Å². The van der Waals surface area contributed by atoms with Crippen LogP contribution in [0, 0.1) is 0 Å². The summed E-state index contributed by atoms with van der Waals surface area (Å²) in [5.74, 6) is -0.114. The maximum absolute atomic E-state index is 12.4. The van der Waals surface area contributed by atoms with Gasteiger partial charge in [0, 0.05) is 17.6 Å². The molecule has 1 aromatic heterocycles. The van der Waals surface area contributed by atoms with Crippen molar-refractivity contribution in [3.8, 4) is 10.6 Å². The summed E-state index contributed by atoms with van der Waals surface area (Å²) in [5, 5.41) is 12.4. The summed E-state index contributed by atoms with van der Waals surface area (Å²) in [6.45, 7) is 0. The Labute approximate surface area is 137 Å². The van der Waals surface area contributed by atoms with Crippen LogP contribution in [0.15, 0.2) is 60.2 Å². The molecular weight excluding hydrogens is 306 g/mol. The normalized spacial score (nSPS) is 12.6. The van der Waals surface area contributed by atoms with Gasteiger partial charge in [0.05, 0.1) is 0 Å². The molecule has 0 saturated carbocycles. The highest BCUT2D eigenvalue weighted by atomic mass is 32.1. The Hall–Kier alpha value is -2.79. The Bertz CT molecular complexity index is 899. The topological polar surface area (TPSA) is 54.9 Å². The van der Waals surface area contributed by atoms with Crippen LogP contribution in [0.5, 0.6) is 0 Å². The van der Waals surface area contributed by atoms with Crippen LogP contribution in [-0.2, 0) is 11.2 Å². The predicted molar refractivity (Wildman–Crippen MR) is 92.1 cm³/mol. The molecule has 2 aromatic carbocycles. The number of nitrogens with one attached hydrogen (secondary N) is 1. The van der Waals surface area contributed by atoms with Crippen molar-refractivity contribution in [2.75, 3.05) is 5.32 Å². The highest BCUT2D eigenvalue weighted by Crippen LogP contribution is 2.28. The summed E-state index contributed by atoms with van der Waals surface area (Å²) in [4.78, 5) is 12.4. The van der Waals surface area contributed by atoms with Crippen molar-refractivity contribution in [2.45, 2.75) is 6.42 Å². The molecule has 0 atom stereocenters. The molecule has 1 N–H and O–H groups in total. The van der Waals surface area contributed by atoms with E-state index in [4.69, 9.17) is 0 Å². The Morgan fingerprint density at radius 2 is 1.78 bits per heavy atom. The predicted octanol–water partition coefficient (Wildman–Crippen LogP) is 3.78. The molecule has 5 heteroatoms. The molecule has 112 valence electrons. The number of anilines is 1. The number of benzene rings is 2. The molecule has 0 spiro atoms. The number of hydrogen-bond acceptors (Lipinski definition) is 4. The van der Waals surface area contributed by atoms with Gasteiger partial charge in [-0.3, -0.25) is 10.1 Å². The molecule has 0 radical (unpaired) electrons. The zero-order chi connectivity index (χ0) is 15.6. The molecule has 4 rings (SSSR count). The largest absolute Gasteiger partial charge is 0.297 e. The van der Waals surface area contributed by atoms with Gasteiger partial charge in [0.1, 0.15) is 5.01 Å². The molecule has 1 heterocycles. The van der Waals surface area contributed by atoms with Gasteiger partial charge >= 0.3 is 0 Å². The van der Waals surface area contributed by atoms with Crippen LogP contribution in [-0.4, -0.2) is 16.1 Å². The van der Waals surface area contributed by atoms with Gasteiger partial charge in [-0.1, -0.05) is 65.9 Å². The number of nitrogens with zero attached hydrogens (tertiary/aromatic N) is 2. The van der Waals surface area contributed by atoms with Gasteiger partial charge in [-0.2, -0.15) is 0 Å². The van der Waals surface area contributed by atoms with Crippen LogP contribution in [0.1, 0.15) is 11.1 Å². The van der Waals surface area contributed by atoms with E-state index in [1.54, 1.807) is 0 Å². The van der Waals surface area contributed by atoms with Gasteiger partial charge in [-0.15, -0.1) is 10.2 Å². The first-order valence-corrected chi connectivity index (χ1v) is 8.10. The van der Waals surface area contributed by atoms with Gasteiger partial charge in [0.2, 0.25) is 5.13 Å². The van der Waals surface area contributed by atoms with E-state index in [1.165, 1.54) is 16.9 Å². The molecule has 0 fully saturated rings. The third kappa shape index (κ3) is 2.78. The summed E-state index contributed by atoms with van der Waals surface area (Å²) in [6.07, 6.45) is 2.59. The van der Waals surface area contributed by atoms with E-state index >= 15 is 0 Å². The zero-order valence-corrected chi connectivity index (χ0v) is 13.0. The van der Waals surface area contributed by atoms with E-state index < -0.39 is 0 Å². The molecule has 0 bridgehead atoms. The van der Waals surface area contributed by atoms with Crippen LogP contribution in [0.2, 0.25) is 0 Å². The lowest BCUT2D eigenvalue weighted by Crippen LogP contribution is -2.14. The van der Waals surface area contributed by atoms with Crippen LogP contribution >= 0.6 is 11.3 Å². The van der Waals surface area contributed by atoms with E-state index in [1.807, 2.05) is 60.7 Å². The number of carbonyl (C=O) groups is 1. The second-order valence-corrected chi connectivity index (χ2v) is 6.26. The van der Waals surface area contributed by atoms with Gasteiger partial charge in [0.15, 0.2) is 0 Å². The third-order valence-electron chi connectivity index (χ3n) is 3.72. The van der Waals surface area contributed by atoms with Gasteiger partial charge < -0.3 is 0 Å². The average Bonchev–Trinajstić information content (AvgIpc) is 3.22. The van der Waals surface area contributed by atoms with Crippen molar-refractivity contribution in [3.63, 3.8) is 0 Å². The molecule has 1 aliphatic carbocycles. The summed E-state index contributed by atoms with van der Waals surface area (Å²) in [7, 11) is 0. The highest BCUT2D eigenvalue weighted by molar-refractivity contribution is 7.18. The molecular formula is C18H13N3OS. The molecule has 3 aromatic rings. The summed E-state index contributed by atoms with van der Waals surface area (Å²) in [6, 6.07) is 17.9. The number of fused-ring (bicyclic) bond motifs is 1. The van der Waals surface area contributed by atoms with Crippen LogP contribution in [0.3, 0.4) is 0 Å². The average molecular weight is 319 g/mol. The Balaban J connectivity index is 1.50. The lowest BCUT2D eigenvalue weighted by Gasteiger charge is -2.01. The SMILES string of the molecule is O=C(Nc1nnc(-c2ccccc2)s1)C1=Cc2ccccc2C1. The number of aromatic nitrogens is 2. The molecule has 1 aliphatic rings. The summed E-state index contributed by atoms with van der Waals surface area (Å²) in [5.41, 5.74) is 4.04. The number of carbonyl (C=O) groups excluding carboxylic acids is 1. The fraction of sp³-hybridized carbons (Fsp3) is 0.0556. The third-order valence-corrected chi connectivity index (χ3v) is 4.61. The zero-order valence-electron chi connectivity index (χ0n) is 12.2. The first kappa shape index (κ1) is 13.8. The van der Waals surface area contributed by atoms with Crippen molar-refractivity contribution >= 4 is 28.5 Å². The molecule has 23 heavy (non-hydrogen) atoms. The molecule has 0 aliphatic heterocycles. The van der Waals surface area contributed by atoms with E-state index in [0.717, 1.165) is 21.7 Å². The summed E-state index contributed by atoms with van der Waals surface area (Å²) < 4.78 is 0. The van der Waals surface area contributed by atoms with E-state index in [0.29, 0.717) is 11.6 Å². The lowest BCUT2D eigenvalue weighted by atomic mass is 10.1. The second-order valence-electron chi connectivity index (χ2n) is 5.28. The number of amides is 1. The van der Waals surface area contributed by atoms with Gasteiger partial charge in [0.25, 0.3) is 5.91 Å². The number of hydrogen-bond donors (Lipinski definition) is 1. The quantitative estimate of drug-likeness (QED) is 0.799. The van der Waals surface area contributed by atoms with Crippen molar-refractivity contribution in [1.82, 2.24) is 10.2 Å². The standard InChI is InChI=1S/C18H13N3OS/c22-16(15-10-13-8-4-5-9-14(13)11-15)19-18-21-20-17(23-18)12-6-2-1-3-7-12/h1-10H,11H2,(H,19,21,22). The molecule has 4 nitrogen and oxygen atoms in total. The fourth-order valence-corrected chi connectivity index (χ4v) is 3.32. The van der Waals surface area contributed by atoms with E-state index in [-0.39, 0.29) is 5.91 Å². The van der Waals surface area contributed by atoms with Crippen LogP contribution in [0.4, 0.5) is 5.13 Å². The minimum Gasteiger partial charge on any atom is -0.297 e. The Morgan fingerprint density at radius 3 is 2.61 bits per heavy atom. The first-order chi connectivity index (χ1) is 11.3. The maximum Gasteiger partial charge on any atom is 0.253 e. The smallest absolute Gasteiger partial charge is 0.253 e. The monoisotopic (exact) mass is 319 g/mol. The maximum atomic E-state index is 12.4. The van der Waals surface area contributed by atoms with Crippen molar-refractivity contribution < 1.29 is 4.79 Å². The molecule has 0 saturated heterocycles. The fourth-order valence-electron chi connectivity index (χ4n) is 2.57. The minimum absolute atomic E-state index is 0.114. The number of rotatable bonds is 3. The lowest BCUT2D eigenvalue weighted by molar-refractivity contribution is -0.112. The minimum atomic E-state index is -0.114. The van der Waals surface area contributed by atoms with Gasteiger partial charge in [-0.25, -0.2) is 0 Å². The van der Waals surface area contributed by atoms with Crippen molar-refractivity contribution in [3.05, 3.63) is 71.3 Å². The van der Waals surface area contributed by atoms with Crippen LogP contribution < -0.4 is 5.32 Å². The van der Waals surface area contributed by atoms with Gasteiger partial charge in [-0.05, 0) is 17.2 Å². The summed E-state index contributed by atoms with van der Waals surface area (Å²) >= 11 is 1.38. The molecule has 1 amide bonds. The van der Waals surface area contributed by atoms with Crippen molar-refractivity contribution in [2.24, 2.45) is 0 Å². The van der Waals surface area contributed by atoms with E-state index in [2.05, 4.69) is 15.5 Å². The molecule has 0 unspecified atom stereocenters. The second kappa shape index (κ2) is 5.78. The highest BCUT2D eigenvalue weighted by Gasteiger charge is 2.19. The Kier molecular flexibility index (Phi) is 3.48. The Morgan fingerprint density at radius 1 is 1.00 bits per heavy atom. The van der Waals surface area contributed by atoms with E-state index in [9.17, 15) is 4.79 Å². The van der Waals surface area contributed by atoms with Crippen LogP contribution in [0.25, 0.3) is 16.6 Å². The first-order valence-electron chi connectivity index (χ1n) is 7.28.